The van der Waals surface area contributed by atoms with Gasteiger partial charge in [0.2, 0.25) is 0 Å². The van der Waals surface area contributed by atoms with Gasteiger partial charge < -0.3 is 19.5 Å². The monoisotopic (exact) mass is 259 g/mol. The van der Waals surface area contributed by atoms with Gasteiger partial charge in [-0.15, -0.1) is 0 Å². The highest BCUT2D eigenvalue weighted by atomic mass is 16.7. The molecule has 0 unspecified atom stereocenters. The van der Waals surface area contributed by atoms with Crippen molar-refractivity contribution in [1.29, 1.82) is 0 Å². The lowest BCUT2D eigenvalue weighted by Gasteiger charge is -2.21. The minimum atomic E-state index is -0.618. The van der Waals surface area contributed by atoms with Crippen molar-refractivity contribution in [3.63, 3.8) is 0 Å². The third kappa shape index (κ3) is 5.46. The fourth-order valence-electron chi connectivity index (χ4n) is 1.43. The van der Waals surface area contributed by atoms with Gasteiger partial charge in [-0.3, -0.25) is 4.79 Å². The van der Waals surface area contributed by atoms with E-state index in [0.29, 0.717) is 13.2 Å². The molecule has 0 aromatic carbocycles. The largest absolute Gasteiger partial charge is 0.444 e. The molecule has 1 fully saturated rings. The van der Waals surface area contributed by atoms with Crippen molar-refractivity contribution in [3.8, 4) is 0 Å². The van der Waals surface area contributed by atoms with Gasteiger partial charge in [0.25, 0.3) is 0 Å². The third-order valence-corrected chi connectivity index (χ3v) is 2.27. The second kappa shape index (κ2) is 6.15. The van der Waals surface area contributed by atoms with Crippen LogP contribution in [0.4, 0.5) is 4.79 Å². The Hall–Kier alpha value is -1.14. The van der Waals surface area contributed by atoms with Gasteiger partial charge >= 0.3 is 6.09 Å². The molecule has 1 saturated heterocycles. The normalized spacial score (nSPS) is 18.4. The van der Waals surface area contributed by atoms with Crippen LogP contribution in [-0.2, 0) is 19.0 Å². The number of ketones is 1. The lowest BCUT2D eigenvalue weighted by molar-refractivity contribution is -0.129. The van der Waals surface area contributed by atoms with E-state index >= 15 is 0 Å². The van der Waals surface area contributed by atoms with Crippen LogP contribution in [0.2, 0.25) is 0 Å². The van der Waals surface area contributed by atoms with Crippen LogP contribution in [0.25, 0.3) is 0 Å². The smallest absolute Gasteiger partial charge is 0.408 e. The maximum absolute atomic E-state index is 11.8. The summed E-state index contributed by atoms with van der Waals surface area (Å²) in [5, 5.41) is 2.49. The van der Waals surface area contributed by atoms with E-state index in [0.717, 1.165) is 0 Å². The molecule has 0 aliphatic carbocycles. The maximum Gasteiger partial charge on any atom is 0.408 e. The summed E-state index contributed by atoms with van der Waals surface area (Å²) in [4.78, 5) is 23.2. The number of hydrogen-bond donors (Lipinski definition) is 1. The van der Waals surface area contributed by atoms with Gasteiger partial charge in [0.05, 0.1) is 25.7 Å². The Balaban J connectivity index is 2.32. The third-order valence-electron chi connectivity index (χ3n) is 2.27. The van der Waals surface area contributed by atoms with Gasteiger partial charge in [-0.1, -0.05) is 0 Å². The minimum Gasteiger partial charge on any atom is -0.444 e. The predicted octanol–water partition coefficient (Wildman–Crippen LogP) is 1.23. The molecule has 1 aliphatic heterocycles. The van der Waals surface area contributed by atoms with Crippen molar-refractivity contribution < 1.29 is 23.8 Å². The summed E-state index contributed by atoms with van der Waals surface area (Å²) in [5.74, 6) is -0.146. The lowest BCUT2D eigenvalue weighted by atomic mass is 10.1. The van der Waals surface area contributed by atoms with E-state index in [4.69, 9.17) is 14.2 Å². The quantitative estimate of drug-likeness (QED) is 0.822. The predicted molar refractivity (Wildman–Crippen MR) is 64.1 cm³/mol. The summed E-state index contributed by atoms with van der Waals surface area (Å²) in [6.45, 7) is 7.91. The molecule has 0 saturated carbocycles. The van der Waals surface area contributed by atoms with E-state index in [1.54, 1.807) is 27.7 Å². The molecule has 1 rings (SSSR count). The first-order valence-corrected chi connectivity index (χ1v) is 6.03. The lowest BCUT2D eigenvalue weighted by Crippen LogP contribution is -2.42. The standard InChI is InChI=1S/C12H21NO5/c1-8(13-11(15)18-12(2,3)4)9(14)7-10-16-5-6-17-10/h8,10H,5-7H2,1-4H3,(H,13,15)/t8-/m1/s1. The van der Waals surface area contributed by atoms with Crippen LogP contribution < -0.4 is 5.32 Å². The highest BCUT2D eigenvalue weighted by molar-refractivity contribution is 5.87. The molecule has 1 N–H and O–H groups in total. The fourth-order valence-corrected chi connectivity index (χ4v) is 1.43. The number of alkyl carbamates (subject to hydrolysis) is 1. The van der Waals surface area contributed by atoms with E-state index in [1.807, 2.05) is 0 Å². The summed E-state index contributed by atoms with van der Waals surface area (Å²) in [5.41, 5.74) is -0.579. The molecule has 6 nitrogen and oxygen atoms in total. The first-order chi connectivity index (χ1) is 8.28. The van der Waals surface area contributed by atoms with Crippen LogP contribution in [0.3, 0.4) is 0 Å². The van der Waals surface area contributed by atoms with Crippen LogP contribution in [0.15, 0.2) is 0 Å². The van der Waals surface area contributed by atoms with Gasteiger partial charge in [-0.05, 0) is 27.7 Å². The second-order valence-corrected chi connectivity index (χ2v) is 5.21. The number of amides is 1. The molecule has 1 amide bonds. The Bertz CT molecular complexity index is 304. The van der Waals surface area contributed by atoms with Crippen molar-refractivity contribution in [2.45, 2.75) is 52.0 Å². The van der Waals surface area contributed by atoms with Crippen LogP contribution in [0.5, 0.6) is 0 Å². The molecule has 1 atom stereocenters. The Labute approximate surface area is 107 Å². The molecule has 1 heterocycles. The Morgan fingerprint density at radius 2 is 1.89 bits per heavy atom. The highest BCUT2D eigenvalue weighted by Crippen LogP contribution is 2.10. The zero-order chi connectivity index (χ0) is 13.8. The molecule has 18 heavy (non-hydrogen) atoms. The van der Waals surface area contributed by atoms with E-state index in [1.165, 1.54) is 0 Å². The van der Waals surface area contributed by atoms with Crippen molar-refractivity contribution >= 4 is 11.9 Å². The van der Waals surface area contributed by atoms with E-state index in [9.17, 15) is 9.59 Å². The average Bonchev–Trinajstić information content (AvgIpc) is 2.66. The Kier molecular flexibility index (Phi) is 5.10. The molecular formula is C12H21NO5. The number of rotatable bonds is 4. The van der Waals surface area contributed by atoms with Crippen LogP contribution in [0.1, 0.15) is 34.1 Å². The number of carbonyl (C=O) groups is 2. The van der Waals surface area contributed by atoms with Gasteiger partial charge in [-0.2, -0.15) is 0 Å². The van der Waals surface area contributed by atoms with E-state index < -0.39 is 24.0 Å². The molecule has 1 aliphatic rings. The summed E-state index contributed by atoms with van der Waals surface area (Å²) < 4.78 is 15.4. The zero-order valence-electron chi connectivity index (χ0n) is 11.3. The zero-order valence-corrected chi connectivity index (χ0v) is 11.3. The van der Waals surface area contributed by atoms with Gasteiger partial charge in [0.15, 0.2) is 12.1 Å². The minimum absolute atomic E-state index is 0.136. The van der Waals surface area contributed by atoms with Crippen molar-refractivity contribution in [3.05, 3.63) is 0 Å². The molecule has 0 bridgehead atoms. The molecule has 6 heteroatoms. The first kappa shape index (κ1) is 14.9. The van der Waals surface area contributed by atoms with E-state index in [2.05, 4.69) is 5.32 Å². The second-order valence-electron chi connectivity index (χ2n) is 5.21. The van der Waals surface area contributed by atoms with E-state index in [-0.39, 0.29) is 12.2 Å². The van der Waals surface area contributed by atoms with Gasteiger partial charge in [0, 0.05) is 0 Å². The van der Waals surface area contributed by atoms with Crippen LogP contribution in [0, 0.1) is 0 Å². The van der Waals surface area contributed by atoms with Crippen molar-refractivity contribution in [2.24, 2.45) is 0 Å². The first-order valence-electron chi connectivity index (χ1n) is 6.03. The summed E-state index contributed by atoms with van der Waals surface area (Å²) in [7, 11) is 0. The Morgan fingerprint density at radius 1 is 1.33 bits per heavy atom. The maximum atomic E-state index is 11.8. The number of carbonyl (C=O) groups excluding carboxylic acids is 2. The average molecular weight is 259 g/mol. The number of Topliss-reactive ketones (excluding diaryl/α,β-unsaturated/α-hetero) is 1. The van der Waals surface area contributed by atoms with Crippen molar-refractivity contribution in [1.82, 2.24) is 5.32 Å². The summed E-state index contributed by atoms with van der Waals surface area (Å²) >= 11 is 0. The topological polar surface area (TPSA) is 73.9 Å². The number of nitrogens with one attached hydrogen (secondary N) is 1. The SMILES string of the molecule is C[C@@H](NC(=O)OC(C)(C)C)C(=O)CC1OCCO1. The fraction of sp³-hybridized carbons (Fsp3) is 0.833. The molecule has 0 aromatic heterocycles. The van der Waals surface area contributed by atoms with Crippen LogP contribution >= 0.6 is 0 Å². The van der Waals surface area contributed by atoms with Gasteiger partial charge in [-0.25, -0.2) is 4.79 Å². The molecule has 0 aromatic rings. The molecular weight excluding hydrogens is 238 g/mol. The highest BCUT2D eigenvalue weighted by Gasteiger charge is 2.25. The Morgan fingerprint density at radius 3 is 2.39 bits per heavy atom. The molecule has 104 valence electrons. The molecule has 0 spiro atoms. The molecule has 0 radical (unpaired) electrons. The van der Waals surface area contributed by atoms with Crippen LogP contribution in [-0.4, -0.2) is 43.0 Å². The summed E-state index contributed by atoms with van der Waals surface area (Å²) in [6.07, 6.45) is -0.950. The summed E-state index contributed by atoms with van der Waals surface area (Å²) in [6, 6.07) is -0.618. The number of ether oxygens (including phenoxy) is 3. The number of hydrogen-bond acceptors (Lipinski definition) is 5. The van der Waals surface area contributed by atoms with Crippen molar-refractivity contribution in [2.75, 3.05) is 13.2 Å². The van der Waals surface area contributed by atoms with Gasteiger partial charge in [0.1, 0.15) is 5.60 Å².